The predicted molar refractivity (Wildman–Crippen MR) is 81.8 cm³/mol. The van der Waals surface area contributed by atoms with Gasteiger partial charge in [-0.2, -0.15) is 0 Å². The molecule has 3 nitrogen and oxygen atoms in total. The monoisotopic (exact) mass is 318 g/mol. The number of hydrogen-bond donors (Lipinski definition) is 0. The van der Waals surface area contributed by atoms with Gasteiger partial charge < -0.3 is 9.47 Å². The molecule has 0 fully saturated rings. The number of methoxy groups -OCH3 is 1. The molecule has 0 N–H and O–H groups in total. The summed E-state index contributed by atoms with van der Waals surface area (Å²) in [6.07, 6.45) is 1.81. The van der Waals surface area contributed by atoms with Crippen molar-refractivity contribution in [1.29, 1.82) is 0 Å². The molecule has 0 radical (unpaired) electrons. The Kier molecular flexibility index (Phi) is 3.86. The van der Waals surface area contributed by atoms with Crippen molar-refractivity contribution < 1.29 is 18.7 Å². The molecular formula is C17H12ClFO3. The maximum absolute atomic E-state index is 13.7. The lowest BCUT2D eigenvalue weighted by Gasteiger charge is -2.20. The Balaban J connectivity index is 2.15. The summed E-state index contributed by atoms with van der Waals surface area (Å²) in [4.78, 5) is 11.7. The molecule has 0 bridgehead atoms. The smallest absolute Gasteiger partial charge is 0.337 e. The van der Waals surface area contributed by atoms with E-state index in [4.69, 9.17) is 21.1 Å². The summed E-state index contributed by atoms with van der Waals surface area (Å²) in [6, 6.07) is 9.61. The number of carbonyl (C=O) groups excluding carboxylic acids is 1. The molecule has 2 aromatic rings. The highest BCUT2D eigenvalue weighted by molar-refractivity contribution is 6.32. The third kappa shape index (κ3) is 2.46. The van der Waals surface area contributed by atoms with Gasteiger partial charge in [0.1, 0.15) is 18.2 Å². The minimum absolute atomic E-state index is 0.0464. The van der Waals surface area contributed by atoms with Crippen molar-refractivity contribution in [3.63, 3.8) is 0 Å². The van der Waals surface area contributed by atoms with Gasteiger partial charge in [-0.1, -0.05) is 23.7 Å². The summed E-state index contributed by atoms with van der Waals surface area (Å²) in [5, 5.41) is 0.0464. The van der Waals surface area contributed by atoms with Gasteiger partial charge in [0.05, 0.1) is 17.7 Å². The summed E-state index contributed by atoms with van der Waals surface area (Å²) in [6.45, 7) is 0.354. The van der Waals surface area contributed by atoms with Gasteiger partial charge in [-0.3, -0.25) is 0 Å². The molecule has 0 saturated carbocycles. The molecule has 22 heavy (non-hydrogen) atoms. The highest BCUT2D eigenvalue weighted by Gasteiger charge is 2.20. The third-order valence-corrected chi connectivity index (χ3v) is 3.84. The van der Waals surface area contributed by atoms with Gasteiger partial charge in [0.25, 0.3) is 0 Å². The number of carbonyl (C=O) groups is 1. The van der Waals surface area contributed by atoms with Crippen LogP contribution in [0, 0.1) is 5.82 Å². The molecule has 0 aliphatic carbocycles. The zero-order valence-corrected chi connectivity index (χ0v) is 12.5. The average Bonchev–Trinajstić information content (AvgIpc) is 2.55. The zero-order valence-electron chi connectivity index (χ0n) is 11.7. The van der Waals surface area contributed by atoms with Crippen LogP contribution in [0.25, 0.3) is 5.57 Å². The number of benzene rings is 2. The van der Waals surface area contributed by atoms with Gasteiger partial charge in [-0.25, -0.2) is 9.18 Å². The normalized spacial score (nSPS) is 13.0. The molecular weight excluding hydrogens is 307 g/mol. The molecule has 0 aromatic heterocycles. The Morgan fingerprint density at radius 2 is 2.09 bits per heavy atom. The molecule has 0 saturated heterocycles. The number of fused-ring (bicyclic) bond motifs is 1. The summed E-state index contributed by atoms with van der Waals surface area (Å²) < 4.78 is 24.0. The quantitative estimate of drug-likeness (QED) is 0.782. The number of ether oxygens (including phenoxy) is 2. The van der Waals surface area contributed by atoms with Crippen molar-refractivity contribution in [3.05, 3.63) is 70.0 Å². The zero-order chi connectivity index (χ0) is 15.7. The minimum Gasteiger partial charge on any atom is -0.489 e. The Bertz CT molecular complexity index is 783. The fraction of sp³-hybridized carbons (Fsp3) is 0.118. The van der Waals surface area contributed by atoms with Crippen LogP contribution in [0.15, 0.2) is 42.5 Å². The first-order valence-electron chi connectivity index (χ1n) is 6.62. The van der Waals surface area contributed by atoms with Crippen LogP contribution in [0.5, 0.6) is 5.75 Å². The molecule has 0 spiro atoms. The first-order chi connectivity index (χ1) is 10.6. The van der Waals surface area contributed by atoms with Gasteiger partial charge in [-0.05, 0) is 35.9 Å². The first-order valence-corrected chi connectivity index (χ1v) is 6.99. The number of hydrogen-bond acceptors (Lipinski definition) is 3. The van der Waals surface area contributed by atoms with Crippen LogP contribution in [0.3, 0.4) is 0 Å². The van der Waals surface area contributed by atoms with E-state index in [1.54, 1.807) is 30.3 Å². The average molecular weight is 319 g/mol. The van der Waals surface area contributed by atoms with Gasteiger partial charge in [-0.15, -0.1) is 0 Å². The summed E-state index contributed by atoms with van der Waals surface area (Å²) in [7, 11) is 1.32. The van der Waals surface area contributed by atoms with E-state index in [0.29, 0.717) is 29.0 Å². The second-order valence-electron chi connectivity index (χ2n) is 4.73. The molecule has 1 aliphatic rings. The molecule has 1 aliphatic heterocycles. The van der Waals surface area contributed by atoms with E-state index in [1.165, 1.54) is 13.2 Å². The fourth-order valence-electron chi connectivity index (χ4n) is 2.40. The Morgan fingerprint density at radius 1 is 1.27 bits per heavy atom. The lowest BCUT2D eigenvalue weighted by molar-refractivity contribution is 0.0600. The Hall–Kier alpha value is -2.33. The lowest BCUT2D eigenvalue weighted by Crippen LogP contribution is -2.09. The van der Waals surface area contributed by atoms with Crippen LogP contribution >= 0.6 is 11.6 Å². The molecule has 3 rings (SSSR count). The molecule has 1 heterocycles. The second-order valence-corrected chi connectivity index (χ2v) is 5.11. The van der Waals surface area contributed by atoms with Gasteiger partial charge >= 0.3 is 5.97 Å². The first kappa shape index (κ1) is 14.6. The van der Waals surface area contributed by atoms with Crippen LogP contribution in [0.2, 0.25) is 5.02 Å². The maximum atomic E-state index is 13.7. The molecule has 0 unspecified atom stereocenters. The molecule has 0 atom stereocenters. The van der Waals surface area contributed by atoms with Gasteiger partial charge in [0.15, 0.2) is 0 Å². The number of rotatable bonds is 2. The van der Waals surface area contributed by atoms with E-state index in [-0.39, 0.29) is 5.02 Å². The lowest BCUT2D eigenvalue weighted by atomic mass is 9.94. The van der Waals surface area contributed by atoms with Crippen molar-refractivity contribution >= 4 is 23.1 Å². The van der Waals surface area contributed by atoms with E-state index in [1.807, 2.05) is 6.08 Å². The number of esters is 1. The Morgan fingerprint density at radius 3 is 2.86 bits per heavy atom. The van der Waals surface area contributed by atoms with Crippen molar-refractivity contribution in [3.8, 4) is 5.75 Å². The van der Waals surface area contributed by atoms with E-state index < -0.39 is 11.8 Å². The molecule has 2 aromatic carbocycles. The predicted octanol–water partition coefficient (Wildman–Crippen LogP) is 4.09. The van der Waals surface area contributed by atoms with E-state index in [2.05, 4.69) is 0 Å². The van der Waals surface area contributed by atoms with Gasteiger partial charge in [0.2, 0.25) is 0 Å². The standard InChI is InChI=1S/C17H12ClFO3/c1-21-17(20)10-5-6-15-13(9-10)11(7-8-22-15)12-3-2-4-14(19)16(12)18/h2-7,9H,8H2,1H3. The topological polar surface area (TPSA) is 35.5 Å². The maximum Gasteiger partial charge on any atom is 0.337 e. The van der Waals surface area contributed by atoms with Crippen molar-refractivity contribution in [2.24, 2.45) is 0 Å². The van der Waals surface area contributed by atoms with Crippen molar-refractivity contribution in [2.45, 2.75) is 0 Å². The fourth-order valence-corrected chi connectivity index (χ4v) is 2.63. The van der Waals surface area contributed by atoms with Crippen molar-refractivity contribution in [2.75, 3.05) is 13.7 Å². The van der Waals surface area contributed by atoms with Crippen LogP contribution in [-0.4, -0.2) is 19.7 Å². The minimum atomic E-state index is -0.489. The SMILES string of the molecule is COC(=O)c1ccc2c(c1)C(c1cccc(F)c1Cl)=CCO2. The van der Waals surface area contributed by atoms with Crippen LogP contribution < -0.4 is 4.74 Å². The highest BCUT2D eigenvalue weighted by atomic mass is 35.5. The van der Waals surface area contributed by atoms with Crippen LogP contribution in [-0.2, 0) is 4.74 Å². The summed E-state index contributed by atoms with van der Waals surface area (Å²) in [5.74, 6) is -0.319. The van der Waals surface area contributed by atoms with Crippen LogP contribution in [0.4, 0.5) is 4.39 Å². The van der Waals surface area contributed by atoms with E-state index in [9.17, 15) is 9.18 Å². The van der Waals surface area contributed by atoms with Gasteiger partial charge in [0, 0.05) is 11.1 Å². The van der Waals surface area contributed by atoms with E-state index in [0.717, 1.165) is 5.57 Å². The Labute approximate surface area is 131 Å². The van der Waals surface area contributed by atoms with Crippen molar-refractivity contribution in [1.82, 2.24) is 0 Å². The summed E-state index contributed by atoms with van der Waals surface area (Å²) in [5.41, 5.74) is 2.37. The van der Waals surface area contributed by atoms with Crippen LogP contribution in [0.1, 0.15) is 21.5 Å². The largest absolute Gasteiger partial charge is 0.489 e. The van der Waals surface area contributed by atoms with E-state index >= 15 is 0 Å². The molecule has 0 amide bonds. The highest BCUT2D eigenvalue weighted by Crippen LogP contribution is 2.38. The summed E-state index contributed by atoms with van der Waals surface area (Å²) >= 11 is 6.07. The molecule has 112 valence electrons. The number of halogens is 2. The molecule has 5 heteroatoms. The second kappa shape index (κ2) is 5.81. The third-order valence-electron chi connectivity index (χ3n) is 3.46.